The van der Waals surface area contributed by atoms with Crippen LogP contribution < -0.4 is 4.90 Å². The van der Waals surface area contributed by atoms with Gasteiger partial charge in [0, 0.05) is 42.5 Å². The summed E-state index contributed by atoms with van der Waals surface area (Å²) in [5.74, 6) is 0.138. The molecule has 0 bridgehead atoms. The molecule has 1 amide bonds. The Morgan fingerprint density at radius 2 is 1.58 bits per heavy atom. The predicted molar refractivity (Wildman–Crippen MR) is 100 cm³/mol. The van der Waals surface area contributed by atoms with Crippen molar-refractivity contribution >= 4 is 23.2 Å². The Labute approximate surface area is 148 Å². The highest BCUT2D eigenvalue weighted by molar-refractivity contribution is 6.30. The molecule has 2 aromatic rings. The highest BCUT2D eigenvalue weighted by Gasteiger charge is 2.24. The number of benzene rings is 2. The van der Waals surface area contributed by atoms with E-state index in [-0.39, 0.29) is 5.91 Å². The number of anilines is 1. The molecule has 0 unspecified atom stereocenters. The lowest BCUT2D eigenvalue weighted by molar-refractivity contribution is 0.0746. The predicted octanol–water partition coefficient (Wildman–Crippen LogP) is 4.23. The Kier molecular flexibility index (Phi) is 4.81. The summed E-state index contributed by atoms with van der Waals surface area (Å²) in [5, 5.41) is 0.754. The van der Waals surface area contributed by atoms with Crippen molar-refractivity contribution in [2.75, 3.05) is 31.1 Å². The van der Waals surface area contributed by atoms with Gasteiger partial charge in [0.25, 0.3) is 5.91 Å². The second kappa shape index (κ2) is 6.86. The molecular weight excluding hydrogens is 320 g/mol. The van der Waals surface area contributed by atoms with Crippen molar-refractivity contribution in [3.63, 3.8) is 0 Å². The molecular formula is C20H23ClN2O. The van der Waals surface area contributed by atoms with Crippen LogP contribution in [0.3, 0.4) is 0 Å². The molecule has 1 saturated heterocycles. The summed E-state index contributed by atoms with van der Waals surface area (Å²) >= 11 is 6.14. The standard InChI is InChI=1S/C20H23ClN2O/c1-14-4-5-15(2)18(12-14)20(24)23-10-8-22(9-11-23)19-13-17(21)7-6-16(19)3/h4-7,12-13H,8-11H2,1-3H3. The number of piperazine rings is 1. The number of hydrogen-bond acceptors (Lipinski definition) is 2. The van der Waals surface area contributed by atoms with Crippen molar-refractivity contribution < 1.29 is 4.79 Å². The molecule has 2 aromatic carbocycles. The maximum atomic E-state index is 12.8. The minimum Gasteiger partial charge on any atom is -0.368 e. The van der Waals surface area contributed by atoms with Crippen molar-refractivity contribution in [3.05, 3.63) is 63.7 Å². The van der Waals surface area contributed by atoms with Gasteiger partial charge in [-0.25, -0.2) is 0 Å². The molecule has 0 saturated carbocycles. The fourth-order valence-corrected chi connectivity index (χ4v) is 3.38. The largest absolute Gasteiger partial charge is 0.368 e. The van der Waals surface area contributed by atoms with Gasteiger partial charge in [-0.15, -0.1) is 0 Å². The maximum Gasteiger partial charge on any atom is 0.254 e. The second-order valence-corrected chi connectivity index (χ2v) is 6.96. The van der Waals surface area contributed by atoms with E-state index in [1.165, 1.54) is 11.3 Å². The SMILES string of the molecule is Cc1ccc(C)c(C(=O)N2CCN(c3cc(Cl)ccc3C)CC2)c1. The third kappa shape index (κ3) is 3.41. The number of carbonyl (C=O) groups is 1. The van der Waals surface area contributed by atoms with Crippen LogP contribution in [0.2, 0.25) is 5.02 Å². The van der Waals surface area contributed by atoms with E-state index in [0.717, 1.165) is 47.9 Å². The first-order valence-electron chi connectivity index (χ1n) is 8.33. The van der Waals surface area contributed by atoms with Gasteiger partial charge in [-0.3, -0.25) is 4.79 Å². The Bertz CT molecular complexity index is 764. The first-order valence-corrected chi connectivity index (χ1v) is 8.71. The summed E-state index contributed by atoms with van der Waals surface area (Å²) in [6.45, 7) is 9.25. The molecule has 24 heavy (non-hydrogen) atoms. The molecule has 0 N–H and O–H groups in total. The first kappa shape index (κ1) is 16.8. The maximum absolute atomic E-state index is 12.8. The quantitative estimate of drug-likeness (QED) is 0.815. The van der Waals surface area contributed by atoms with Crippen molar-refractivity contribution in [3.8, 4) is 0 Å². The average molecular weight is 343 g/mol. The summed E-state index contributed by atoms with van der Waals surface area (Å²) in [7, 11) is 0. The highest BCUT2D eigenvalue weighted by atomic mass is 35.5. The van der Waals surface area contributed by atoms with Crippen molar-refractivity contribution in [2.24, 2.45) is 0 Å². The van der Waals surface area contributed by atoms with Crippen LogP contribution in [-0.4, -0.2) is 37.0 Å². The van der Waals surface area contributed by atoms with E-state index in [0.29, 0.717) is 0 Å². The smallest absolute Gasteiger partial charge is 0.254 e. The number of aryl methyl sites for hydroxylation is 3. The molecule has 3 nitrogen and oxygen atoms in total. The fourth-order valence-electron chi connectivity index (χ4n) is 3.21. The van der Waals surface area contributed by atoms with Gasteiger partial charge in [-0.1, -0.05) is 35.4 Å². The molecule has 3 rings (SSSR count). The van der Waals surface area contributed by atoms with Crippen molar-refractivity contribution in [2.45, 2.75) is 20.8 Å². The van der Waals surface area contributed by atoms with Gasteiger partial charge in [0.15, 0.2) is 0 Å². The van der Waals surface area contributed by atoms with Crippen molar-refractivity contribution in [1.82, 2.24) is 4.90 Å². The summed E-state index contributed by atoms with van der Waals surface area (Å²) in [6, 6.07) is 12.0. The Morgan fingerprint density at radius 1 is 0.917 bits per heavy atom. The number of halogens is 1. The van der Waals surface area contributed by atoms with E-state index in [1.807, 2.05) is 55.1 Å². The van der Waals surface area contributed by atoms with Gasteiger partial charge in [0.2, 0.25) is 0 Å². The molecule has 4 heteroatoms. The zero-order valence-corrected chi connectivity index (χ0v) is 15.2. The molecule has 126 valence electrons. The average Bonchev–Trinajstić information content (AvgIpc) is 2.59. The molecule has 0 atom stereocenters. The zero-order valence-electron chi connectivity index (χ0n) is 14.5. The van der Waals surface area contributed by atoms with Gasteiger partial charge < -0.3 is 9.80 Å². The third-order valence-electron chi connectivity index (χ3n) is 4.70. The lowest BCUT2D eigenvalue weighted by Gasteiger charge is -2.37. The van der Waals surface area contributed by atoms with E-state index in [2.05, 4.69) is 11.8 Å². The van der Waals surface area contributed by atoms with E-state index >= 15 is 0 Å². The summed E-state index contributed by atoms with van der Waals surface area (Å²) in [6.07, 6.45) is 0. The lowest BCUT2D eigenvalue weighted by atomic mass is 10.0. The van der Waals surface area contributed by atoms with E-state index < -0.39 is 0 Å². The third-order valence-corrected chi connectivity index (χ3v) is 4.94. The molecule has 0 aliphatic carbocycles. The monoisotopic (exact) mass is 342 g/mol. The van der Waals surface area contributed by atoms with E-state index in [9.17, 15) is 4.79 Å². The lowest BCUT2D eigenvalue weighted by Crippen LogP contribution is -2.49. The van der Waals surface area contributed by atoms with E-state index in [1.54, 1.807) is 0 Å². The summed E-state index contributed by atoms with van der Waals surface area (Å²) < 4.78 is 0. The van der Waals surface area contributed by atoms with Gasteiger partial charge in [0.05, 0.1) is 0 Å². The summed E-state index contributed by atoms with van der Waals surface area (Å²) in [5.41, 5.74) is 5.37. The molecule has 0 aromatic heterocycles. The molecule has 1 fully saturated rings. The zero-order chi connectivity index (χ0) is 17.3. The topological polar surface area (TPSA) is 23.6 Å². The molecule has 1 aliphatic heterocycles. The number of amides is 1. The van der Waals surface area contributed by atoms with Gasteiger partial charge in [0.1, 0.15) is 0 Å². The number of nitrogens with zero attached hydrogens (tertiary/aromatic N) is 2. The first-order chi connectivity index (χ1) is 11.5. The van der Waals surface area contributed by atoms with Crippen LogP contribution in [0, 0.1) is 20.8 Å². The molecule has 0 radical (unpaired) electrons. The molecule has 1 aliphatic rings. The Hall–Kier alpha value is -2.00. The summed E-state index contributed by atoms with van der Waals surface area (Å²) in [4.78, 5) is 17.1. The second-order valence-electron chi connectivity index (χ2n) is 6.53. The van der Waals surface area contributed by atoms with Crippen LogP contribution in [-0.2, 0) is 0 Å². The van der Waals surface area contributed by atoms with Crippen LogP contribution in [0.5, 0.6) is 0 Å². The van der Waals surface area contributed by atoms with Crippen LogP contribution in [0.25, 0.3) is 0 Å². The number of carbonyl (C=O) groups excluding carboxylic acids is 1. The number of hydrogen-bond donors (Lipinski definition) is 0. The minimum absolute atomic E-state index is 0.138. The van der Waals surface area contributed by atoms with Crippen LogP contribution in [0.1, 0.15) is 27.0 Å². The Morgan fingerprint density at radius 3 is 2.29 bits per heavy atom. The number of rotatable bonds is 2. The van der Waals surface area contributed by atoms with Crippen LogP contribution in [0.15, 0.2) is 36.4 Å². The van der Waals surface area contributed by atoms with Gasteiger partial charge in [-0.05, 0) is 50.1 Å². The highest BCUT2D eigenvalue weighted by Crippen LogP contribution is 2.25. The van der Waals surface area contributed by atoms with Crippen LogP contribution in [0.4, 0.5) is 5.69 Å². The van der Waals surface area contributed by atoms with Crippen LogP contribution >= 0.6 is 11.6 Å². The Balaban J connectivity index is 1.72. The normalized spacial score (nSPS) is 14.8. The van der Waals surface area contributed by atoms with E-state index in [4.69, 9.17) is 11.6 Å². The fraction of sp³-hybridized carbons (Fsp3) is 0.350. The van der Waals surface area contributed by atoms with Gasteiger partial charge in [-0.2, -0.15) is 0 Å². The van der Waals surface area contributed by atoms with Crippen molar-refractivity contribution in [1.29, 1.82) is 0 Å². The minimum atomic E-state index is 0.138. The van der Waals surface area contributed by atoms with Gasteiger partial charge >= 0.3 is 0 Å². The molecule has 0 spiro atoms. The molecule has 1 heterocycles.